The van der Waals surface area contributed by atoms with Gasteiger partial charge in [-0.2, -0.15) is 17.0 Å². The highest BCUT2D eigenvalue weighted by molar-refractivity contribution is 7.86. The van der Waals surface area contributed by atoms with Gasteiger partial charge >= 0.3 is 0 Å². The van der Waals surface area contributed by atoms with E-state index in [0.717, 1.165) is 17.4 Å². The first-order valence-corrected chi connectivity index (χ1v) is 12.0. The molecule has 2 aliphatic heterocycles. The molecule has 0 aliphatic carbocycles. The number of fused-ring (bicyclic) bond motifs is 1. The molecule has 2 aliphatic rings. The van der Waals surface area contributed by atoms with E-state index in [1.807, 2.05) is 30.5 Å². The second-order valence-corrected chi connectivity index (χ2v) is 10.2. The molecule has 0 bridgehead atoms. The number of rotatable bonds is 5. The van der Waals surface area contributed by atoms with Gasteiger partial charge in [-0.25, -0.2) is 0 Å². The zero-order valence-electron chi connectivity index (χ0n) is 17.7. The van der Waals surface area contributed by atoms with E-state index in [-0.39, 0.29) is 5.91 Å². The van der Waals surface area contributed by atoms with Gasteiger partial charge in [0.1, 0.15) is 0 Å². The van der Waals surface area contributed by atoms with Crippen LogP contribution in [0.25, 0.3) is 10.9 Å². The molecule has 1 aromatic carbocycles. The Labute approximate surface area is 178 Å². The molecule has 0 spiro atoms. The van der Waals surface area contributed by atoms with Crippen LogP contribution < -0.4 is 0 Å². The maximum Gasteiger partial charge on any atom is 0.282 e. The van der Waals surface area contributed by atoms with E-state index in [1.165, 1.54) is 8.61 Å². The number of hydrogen-bond donors (Lipinski definition) is 0. The van der Waals surface area contributed by atoms with Crippen molar-refractivity contribution in [1.82, 2.24) is 18.1 Å². The molecular weight excluding hydrogens is 404 g/mol. The minimum Gasteiger partial charge on any atom is -0.379 e. The molecule has 4 rings (SSSR count). The molecule has 2 saturated heterocycles. The van der Waals surface area contributed by atoms with Crippen LogP contribution >= 0.6 is 0 Å². The molecule has 3 heterocycles. The fourth-order valence-electron chi connectivity index (χ4n) is 4.19. The fraction of sp³-hybridized carbons (Fsp3) is 0.571. The van der Waals surface area contributed by atoms with E-state index in [4.69, 9.17) is 4.74 Å². The Morgan fingerprint density at radius 1 is 1.00 bits per heavy atom. The van der Waals surface area contributed by atoms with E-state index in [0.29, 0.717) is 64.0 Å². The molecule has 1 aromatic heterocycles. The van der Waals surface area contributed by atoms with Crippen molar-refractivity contribution in [2.75, 3.05) is 52.5 Å². The van der Waals surface area contributed by atoms with Crippen LogP contribution in [-0.4, -0.2) is 84.9 Å². The highest BCUT2D eigenvalue weighted by Crippen LogP contribution is 2.25. The van der Waals surface area contributed by atoms with Crippen LogP contribution in [0, 0.1) is 5.92 Å². The summed E-state index contributed by atoms with van der Waals surface area (Å²) in [7, 11) is -3.50. The molecule has 0 N–H and O–H groups in total. The van der Waals surface area contributed by atoms with Crippen LogP contribution in [0.3, 0.4) is 0 Å². The normalized spacial score (nSPS) is 19.6. The lowest BCUT2D eigenvalue weighted by Gasteiger charge is -2.37. The number of benzene rings is 1. The average molecular weight is 435 g/mol. The quantitative estimate of drug-likeness (QED) is 0.717. The lowest BCUT2D eigenvalue weighted by molar-refractivity contribution is 0.0637. The van der Waals surface area contributed by atoms with Gasteiger partial charge in [-0.3, -0.25) is 4.79 Å². The summed E-state index contributed by atoms with van der Waals surface area (Å²) in [5.41, 5.74) is 1.75. The van der Waals surface area contributed by atoms with Crippen molar-refractivity contribution in [3.05, 3.63) is 36.0 Å². The largest absolute Gasteiger partial charge is 0.379 e. The molecule has 2 fully saturated rings. The summed E-state index contributed by atoms with van der Waals surface area (Å²) in [6.45, 7) is 8.21. The van der Waals surface area contributed by atoms with Gasteiger partial charge in [0, 0.05) is 62.9 Å². The number of piperazine rings is 1. The van der Waals surface area contributed by atoms with Crippen LogP contribution in [0.5, 0.6) is 0 Å². The number of aromatic nitrogens is 1. The van der Waals surface area contributed by atoms with Crippen LogP contribution in [0.15, 0.2) is 30.5 Å². The minimum absolute atomic E-state index is 0.0304. The number of para-hydroxylation sites is 1. The average Bonchev–Trinajstić information content (AvgIpc) is 3.12. The van der Waals surface area contributed by atoms with Crippen LogP contribution in [0.2, 0.25) is 0 Å². The zero-order valence-corrected chi connectivity index (χ0v) is 18.5. The molecule has 2 aromatic rings. The van der Waals surface area contributed by atoms with E-state index >= 15 is 0 Å². The maximum absolute atomic E-state index is 13.3. The first-order chi connectivity index (χ1) is 14.4. The monoisotopic (exact) mass is 434 g/mol. The number of carbonyl (C=O) groups is 1. The Balaban J connectivity index is 1.48. The van der Waals surface area contributed by atoms with Gasteiger partial charge in [-0.15, -0.1) is 0 Å². The van der Waals surface area contributed by atoms with E-state index in [9.17, 15) is 13.2 Å². The van der Waals surface area contributed by atoms with Crippen molar-refractivity contribution in [3.8, 4) is 0 Å². The third kappa shape index (κ3) is 4.12. The number of nitrogens with zero attached hydrogens (tertiary/aromatic N) is 4. The molecule has 164 valence electrons. The van der Waals surface area contributed by atoms with Crippen molar-refractivity contribution in [2.45, 2.75) is 20.4 Å². The summed E-state index contributed by atoms with van der Waals surface area (Å²) in [4.78, 5) is 15.1. The smallest absolute Gasteiger partial charge is 0.282 e. The Bertz CT molecular complexity index is 1000. The van der Waals surface area contributed by atoms with Crippen LogP contribution in [0.4, 0.5) is 0 Å². The Morgan fingerprint density at radius 3 is 2.30 bits per heavy atom. The standard InChI is InChI=1S/C21H30N4O4S/c1-17(2)15-23-16-19(18-5-3-4-6-20(18)23)21(26)22-7-9-24(10-8-22)30(27,28)25-11-13-29-14-12-25/h3-6,16-17H,7-15H2,1-2H3. The van der Waals surface area contributed by atoms with Gasteiger partial charge < -0.3 is 14.2 Å². The molecule has 1 amide bonds. The van der Waals surface area contributed by atoms with E-state index in [2.05, 4.69) is 18.4 Å². The van der Waals surface area contributed by atoms with Gasteiger partial charge in [-0.1, -0.05) is 32.0 Å². The van der Waals surface area contributed by atoms with Gasteiger partial charge in [0.15, 0.2) is 0 Å². The molecule has 0 atom stereocenters. The molecule has 8 nitrogen and oxygen atoms in total. The van der Waals surface area contributed by atoms with Crippen LogP contribution in [-0.2, 0) is 21.5 Å². The van der Waals surface area contributed by atoms with Crippen LogP contribution in [0.1, 0.15) is 24.2 Å². The van der Waals surface area contributed by atoms with Gasteiger partial charge in [-0.05, 0) is 12.0 Å². The predicted molar refractivity (Wildman–Crippen MR) is 116 cm³/mol. The number of morpholine rings is 1. The molecule has 30 heavy (non-hydrogen) atoms. The van der Waals surface area contributed by atoms with Gasteiger partial charge in [0.2, 0.25) is 0 Å². The lowest BCUT2D eigenvalue weighted by atomic mass is 10.1. The molecular formula is C21H30N4O4S. The molecule has 0 radical (unpaired) electrons. The Hall–Kier alpha value is -1.94. The highest BCUT2D eigenvalue weighted by Gasteiger charge is 2.34. The lowest BCUT2D eigenvalue weighted by Crippen LogP contribution is -2.55. The van der Waals surface area contributed by atoms with Crippen molar-refractivity contribution < 1.29 is 17.9 Å². The second-order valence-electron chi connectivity index (χ2n) is 8.32. The molecule has 0 unspecified atom stereocenters. The van der Waals surface area contributed by atoms with Gasteiger partial charge in [0.05, 0.1) is 18.8 Å². The molecule has 9 heteroatoms. The Morgan fingerprint density at radius 2 is 1.63 bits per heavy atom. The van der Waals surface area contributed by atoms with E-state index in [1.54, 1.807) is 4.90 Å². The van der Waals surface area contributed by atoms with Crippen molar-refractivity contribution in [3.63, 3.8) is 0 Å². The first kappa shape index (κ1) is 21.3. The fourth-order valence-corrected chi connectivity index (χ4v) is 5.76. The topological polar surface area (TPSA) is 75.1 Å². The third-order valence-electron chi connectivity index (χ3n) is 5.73. The van der Waals surface area contributed by atoms with E-state index < -0.39 is 10.2 Å². The zero-order chi connectivity index (χ0) is 21.3. The summed E-state index contributed by atoms with van der Waals surface area (Å²) >= 11 is 0. The van der Waals surface area contributed by atoms with Crippen molar-refractivity contribution in [2.24, 2.45) is 5.92 Å². The number of carbonyl (C=O) groups excluding carboxylic acids is 1. The number of amides is 1. The summed E-state index contributed by atoms with van der Waals surface area (Å²) in [6, 6.07) is 7.97. The number of ether oxygens (including phenoxy) is 1. The number of hydrogen-bond acceptors (Lipinski definition) is 4. The SMILES string of the molecule is CC(C)Cn1cc(C(=O)N2CCN(S(=O)(=O)N3CCOCC3)CC2)c2ccccc21. The summed E-state index contributed by atoms with van der Waals surface area (Å²) in [5.74, 6) is 0.440. The summed E-state index contributed by atoms with van der Waals surface area (Å²) in [6.07, 6.45) is 1.95. The first-order valence-electron chi connectivity index (χ1n) is 10.6. The minimum atomic E-state index is -3.50. The van der Waals surface area contributed by atoms with Crippen molar-refractivity contribution in [1.29, 1.82) is 0 Å². The third-order valence-corrected chi connectivity index (χ3v) is 7.76. The summed E-state index contributed by atoms with van der Waals surface area (Å²) < 4.78 is 36.1. The maximum atomic E-state index is 13.3. The Kier molecular flexibility index (Phi) is 6.15. The van der Waals surface area contributed by atoms with Crippen molar-refractivity contribution >= 4 is 27.0 Å². The second kappa shape index (κ2) is 8.66. The highest BCUT2D eigenvalue weighted by atomic mass is 32.2. The summed E-state index contributed by atoms with van der Waals surface area (Å²) in [5, 5.41) is 0.950. The van der Waals surface area contributed by atoms with Gasteiger partial charge in [0.25, 0.3) is 16.1 Å². The molecule has 0 saturated carbocycles. The predicted octanol–water partition coefficient (Wildman–Crippen LogP) is 1.63.